The molecule has 0 N–H and O–H groups in total. The quantitative estimate of drug-likeness (QED) is 0.335. The minimum atomic E-state index is -1.00. The van der Waals surface area contributed by atoms with Gasteiger partial charge in [-0.3, -0.25) is 0 Å². The monoisotopic (exact) mass is 74.0 g/mol. The molecule has 0 rings (SSSR count). The standard InChI is InChI=1S/C3H4O2/c4-2-1-3-5/h2-3H,1H2/i2D,3D. The third-order valence-electron chi connectivity index (χ3n) is 0.144. The van der Waals surface area contributed by atoms with Crippen molar-refractivity contribution in [1.82, 2.24) is 0 Å². The van der Waals surface area contributed by atoms with Crippen molar-refractivity contribution in [2.75, 3.05) is 0 Å². The van der Waals surface area contributed by atoms with Crippen molar-refractivity contribution in [3.8, 4) is 0 Å². The molecule has 2 nitrogen and oxygen atoms in total. The van der Waals surface area contributed by atoms with E-state index in [-0.39, 0.29) is 0 Å². The Kier molecular flexibility index (Phi) is 1.13. The highest BCUT2D eigenvalue weighted by Gasteiger charge is 1.65. The number of hydrogen-bond acceptors (Lipinski definition) is 2. The number of aldehydes is 2. The van der Waals surface area contributed by atoms with Crippen LogP contribution in [0.1, 0.15) is 9.16 Å². The molecule has 0 bridgehead atoms. The van der Waals surface area contributed by atoms with Crippen LogP contribution in [0.15, 0.2) is 0 Å². The maximum Gasteiger partial charge on any atom is 0.127 e. The molecule has 0 aliphatic heterocycles. The smallest absolute Gasteiger partial charge is 0.127 e. The van der Waals surface area contributed by atoms with Gasteiger partial charge in [-0.25, -0.2) is 0 Å². The second kappa shape index (κ2) is 3.34. The fraction of sp³-hybridized carbons (Fsp3) is 0.333. The summed E-state index contributed by atoms with van der Waals surface area (Å²) >= 11 is 0. The summed E-state index contributed by atoms with van der Waals surface area (Å²) in [4.78, 5) is 19.2. The van der Waals surface area contributed by atoms with Gasteiger partial charge in [-0.05, 0) is 0 Å². The Bertz CT molecular complexity index is 87.1. The maximum atomic E-state index is 9.58. The molecule has 5 heavy (non-hydrogen) atoms. The molecule has 0 aliphatic carbocycles. The fourth-order valence-corrected chi connectivity index (χ4v) is 0.0295. The van der Waals surface area contributed by atoms with Gasteiger partial charge in [0.2, 0.25) is 0 Å². The van der Waals surface area contributed by atoms with Crippen LogP contribution in [-0.4, -0.2) is 12.5 Å². The van der Waals surface area contributed by atoms with Crippen molar-refractivity contribution >= 4 is 12.5 Å². The third-order valence-corrected chi connectivity index (χ3v) is 0.144. The van der Waals surface area contributed by atoms with E-state index in [1.165, 1.54) is 0 Å². The Hall–Kier alpha value is -0.660. The molecule has 0 heterocycles. The summed E-state index contributed by atoms with van der Waals surface area (Å²) < 4.78 is 12.3. The molecule has 0 radical (unpaired) electrons. The van der Waals surface area contributed by atoms with Crippen LogP contribution in [0.5, 0.6) is 0 Å². The van der Waals surface area contributed by atoms with E-state index in [1.807, 2.05) is 0 Å². The average Bonchev–Trinajstić information content (AvgIpc) is 1.27. The van der Waals surface area contributed by atoms with Crippen LogP contribution in [0.25, 0.3) is 0 Å². The van der Waals surface area contributed by atoms with Crippen molar-refractivity contribution in [3.63, 3.8) is 0 Å². The summed E-state index contributed by atoms with van der Waals surface area (Å²) in [7, 11) is 0. The van der Waals surface area contributed by atoms with E-state index in [4.69, 9.17) is 2.74 Å². The van der Waals surface area contributed by atoms with Gasteiger partial charge in [-0.1, -0.05) is 0 Å². The van der Waals surface area contributed by atoms with E-state index < -0.39 is 18.9 Å². The van der Waals surface area contributed by atoms with Crippen molar-refractivity contribution in [2.45, 2.75) is 6.42 Å². The normalized spacial score (nSPS) is 12.0. The van der Waals surface area contributed by atoms with Gasteiger partial charge in [0.05, 0.1) is 6.42 Å². The van der Waals surface area contributed by atoms with Crippen molar-refractivity contribution in [3.05, 3.63) is 0 Å². The highest BCUT2D eigenvalue weighted by Crippen LogP contribution is 1.50. The number of carbonyl (C=O) groups excluding carboxylic acids is 2. The number of rotatable bonds is 2. The van der Waals surface area contributed by atoms with Gasteiger partial charge in [-0.2, -0.15) is 0 Å². The van der Waals surface area contributed by atoms with Gasteiger partial charge < -0.3 is 9.59 Å². The summed E-state index contributed by atoms with van der Waals surface area (Å²) in [5.41, 5.74) is 0. The Labute approximate surface area is 32.6 Å². The van der Waals surface area contributed by atoms with Crippen LogP contribution in [0.2, 0.25) is 0 Å². The molecule has 0 fully saturated rings. The van der Waals surface area contributed by atoms with Gasteiger partial charge in [-0.15, -0.1) is 0 Å². The molecule has 0 aromatic carbocycles. The molecule has 0 atom stereocenters. The molecule has 0 spiro atoms. The summed E-state index contributed by atoms with van der Waals surface area (Å²) in [5, 5.41) is 0. The van der Waals surface area contributed by atoms with E-state index in [2.05, 4.69) is 0 Å². The Balaban J connectivity index is 3.32. The molecule has 0 amide bonds. The van der Waals surface area contributed by atoms with Gasteiger partial charge in [0, 0.05) is 0 Å². The lowest BCUT2D eigenvalue weighted by atomic mass is 10.6. The topological polar surface area (TPSA) is 34.1 Å². The first-order chi connectivity index (χ1) is 3.13. The summed E-state index contributed by atoms with van der Waals surface area (Å²) in [6.07, 6.45) is -2.58. The van der Waals surface area contributed by atoms with Gasteiger partial charge in [0.1, 0.15) is 15.3 Å². The molecule has 0 saturated heterocycles. The van der Waals surface area contributed by atoms with E-state index in [9.17, 15) is 9.59 Å². The second-order valence-electron chi connectivity index (χ2n) is 0.465. The van der Waals surface area contributed by atoms with E-state index in [1.54, 1.807) is 0 Å². The largest absolute Gasteiger partial charge is 0.303 e. The van der Waals surface area contributed by atoms with Crippen LogP contribution in [0.3, 0.4) is 0 Å². The van der Waals surface area contributed by atoms with Crippen LogP contribution >= 0.6 is 0 Å². The lowest BCUT2D eigenvalue weighted by molar-refractivity contribution is -0.114. The second-order valence-corrected chi connectivity index (χ2v) is 0.465. The van der Waals surface area contributed by atoms with Gasteiger partial charge in [0.25, 0.3) is 0 Å². The SMILES string of the molecule is [2H]C(=O)CC([2H])=O. The molecule has 0 aromatic rings. The predicted octanol–water partition coefficient (Wildman–Crippen LogP) is -0.226. The minimum absolute atomic E-state index is 0.583. The van der Waals surface area contributed by atoms with Crippen LogP contribution in [-0.2, 0) is 9.59 Å². The fourth-order valence-electron chi connectivity index (χ4n) is 0.0295. The number of hydrogen-bond donors (Lipinski definition) is 0. The van der Waals surface area contributed by atoms with E-state index >= 15 is 0 Å². The summed E-state index contributed by atoms with van der Waals surface area (Å²) in [6.45, 7) is 0. The van der Waals surface area contributed by atoms with E-state index in [0.717, 1.165) is 0 Å². The minimum Gasteiger partial charge on any atom is -0.303 e. The molecular weight excluding hydrogens is 68.0 g/mol. The Morgan fingerprint density at radius 3 is 2.00 bits per heavy atom. The van der Waals surface area contributed by atoms with Crippen LogP contribution in [0.4, 0.5) is 0 Å². The molecule has 0 unspecified atom stereocenters. The van der Waals surface area contributed by atoms with Crippen molar-refractivity contribution in [1.29, 1.82) is 0 Å². The van der Waals surface area contributed by atoms with Gasteiger partial charge in [0.15, 0.2) is 0 Å². The molecular formula is C3H4O2. The molecule has 2 heteroatoms. The highest BCUT2D eigenvalue weighted by molar-refractivity contribution is 5.72. The average molecular weight is 74.1 g/mol. The van der Waals surface area contributed by atoms with Gasteiger partial charge >= 0.3 is 0 Å². The first-order valence-corrected chi connectivity index (χ1v) is 1.12. The zero-order chi connectivity index (χ0) is 5.86. The summed E-state index contributed by atoms with van der Waals surface area (Å²) in [5.74, 6) is 0. The van der Waals surface area contributed by atoms with Crippen LogP contribution in [0, 0.1) is 0 Å². The lowest BCUT2D eigenvalue weighted by Gasteiger charge is -1.53. The van der Waals surface area contributed by atoms with E-state index in [0.29, 0.717) is 0 Å². The maximum absolute atomic E-state index is 9.58. The van der Waals surface area contributed by atoms with Crippen molar-refractivity contribution in [2.24, 2.45) is 0 Å². The highest BCUT2D eigenvalue weighted by atomic mass is 16.1. The summed E-state index contributed by atoms with van der Waals surface area (Å²) in [6, 6.07) is 0. The first kappa shape index (κ1) is 1.70. The molecule has 0 saturated carbocycles. The molecule has 0 aliphatic rings. The van der Waals surface area contributed by atoms with Crippen molar-refractivity contribution < 1.29 is 12.3 Å². The molecule has 0 aromatic heterocycles. The Morgan fingerprint density at radius 2 is 2.00 bits per heavy atom. The molecule has 28 valence electrons. The number of carbonyl (C=O) groups is 2. The van der Waals surface area contributed by atoms with Crippen LogP contribution < -0.4 is 0 Å². The first-order valence-electron chi connectivity index (χ1n) is 2.12. The zero-order valence-electron chi connectivity index (χ0n) is 4.52. The third kappa shape index (κ3) is 3.34. The predicted molar refractivity (Wildman–Crippen MR) is 16.7 cm³/mol. The zero-order valence-corrected chi connectivity index (χ0v) is 2.52. The lowest BCUT2D eigenvalue weighted by Crippen LogP contribution is -1.69. The Morgan fingerprint density at radius 1 is 1.60 bits per heavy atom.